The number of halogens is 1. The predicted molar refractivity (Wildman–Crippen MR) is 83.8 cm³/mol. The van der Waals surface area contributed by atoms with Crippen LogP contribution in [0.1, 0.15) is 15.9 Å². The van der Waals surface area contributed by atoms with Crippen molar-refractivity contribution in [1.82, 2.24) is 10.9 Å². The Kier molecular flexibility index (Phi) is 5.38. The maximum atomic E-state index is 11.8. The fourth-order valence-corrected chi connectivity index (χ4v) is 1.94. The van der Waals surface area contributed by atoms with Gasteiger partial charge in [0.25, 0.3) is 5.91 Å². The van der Waals surface area contributed by atoms with Gasteiger partial charge in [0.05, 0.1) is 13.5 Å². The van der Waals surface area contributed by atoms with Gasteiger partial charge in [0.15, 0.2) is 0 Å². The van der Waals surface area contributed by atoms with E-state index in [4.69, 9.17) is 16.3 Å². The van der Waals surface area contributed by atoms with Gasteiger partial charge in [-0.3, -0.25) is 20.4 Å². The molecule has 0 saturated carbocycles. The molecule has 0 fully saturated rings. The summed E-state index contributed by atoms with van der Waals surface area (Å²) in [6.45, 7) is 0. The highest BCUT2D eigenvalue weighted by Crippen LogP contribution is 2.12. The first-order chi connectivity index (χ1) is 10.6. The van der Waals surface area contributed by atoms with E-state index < -0.39 is 5.91 Å². The number of hydrazine groups is 1. The number of nitrogens with one attached hydrogen (secondary N) is 2. The maximum absolute atomic E-state index is 11.8. The minimum absolute atomic E-state index is 0.137. The molecular weight excluding hydrogens is 304 g/mol. The van der Waals surface area contributed by atoms with Crippen molar-refractivity contribution in [3.05, 3.63) is 64.7 Å². The molecule has 5 nitrogen and oxygen atoms in total. The molecule has 2 aromatic rings. The lowest BCUT2D eigenvalue weighted by Gasteiger charge is -2.08. The number of carbonyl (C=O) groups excluding carboxylic acids is 2. The van der Waals surface area contributed by atoms with Gasteiger partial charge in [-0.25, -0.2) is 0 Å². The Morgan fingerprint density at radius 1 is 1.09 bits per heavy atom. The van der Waals surface area contributed by atoms with Gasteiger partial charge in [0.1, 0.15) is 5.75 Å². The van der Waals surface area contributed by atoms with Crippen molar-refractivity contribution in [3.63, 3.8) is 0 Å². The van der Waals surface area contributed by atoms with Crippen molar-refractivity contribution in [2.45, 2.75) is 6.42 Å². The molecule has 0 aliphatic heterocycles. The maximum Gasteiger partial charge on any atom is 0.269 e. The summed E-state index contributed by atoms with van der Waals surface area (Å²) in [5.41, 5.74) is 5.92. The molecule has 0 radical (unpaired) electrons. The smallest absolute Gasteiger partial charge is 0.269 e. The van der Waals surface area contributed by atoms with Crippen LogP contribution in [0.4, 0.5) is 0 Å². The Hall–Kier alpha value is -2.53. The van der Waals surface area contributed by atoms with Crippen LogP contribution in [0.15, 0.2) is 48.5 Å². The minimum atomic E-state index is -0.407. The Bertz CT molecular complexity index is 671. The van der Waals surface area contributed by atoms with Crippen LogP contribution in [-0.2, 0) is 11.2 Å². The highest BCUT2D eigenvalue weighted by Gasteiger charge is 2.08. The van der Waals surface area contributed by atoms with Crippen LogP contribution >= 0.6 is 11.6 Å². The van der Waals surface area contributed by atoms with E-state index in [1.165, 1.54) is 0 Å². The van der Waals surface area contributed by atoms with Gasteiger partial charge >= 0.3 is 0 Å². The van der Waals surface area contributed by atoms with Crippen molar-refractivity contribution < 1.29 is 14.3 Å². The predicted octanol–water partition coefficient (Wildman–Crippen LogP) is 2.35. The fourth-order valence-electron chi connectivity index (χ4n) is 1.81. The molecule has 2 aromatic carbocycles. The van der Waals surface area contributed by atoms with Crippen molar-refractivity contribution in [2.24, 2.45) is 0 Å². The molecule has 22 heavy (non-hydrogen) atoms. The second kappa shape index (κ2) is 7.47. The van der Waals surface area contributed by atoms with Crippen LogP contribution in [0.3, 0.4) is 0 Å². The van der Waals surface area contributed by atoms with Crippen LogP contribution in [-0.4, -0.2) is 18.9 Å². The molecule has 0 spiro atoms. The Labute approximate surface area is 133 Å². The molecule has 114 valence electrons. The quantitative estimate of drug-likeness (QED) is 0.850. The van der Waals surface area contributed by atoms with E-state index in [0.717, 1.165) is 5.56 Å². The third-order valence-corrected chi connectivity index (χ3v) is 3.17. The van der Waals surface area contributed by atoms with Crippen LogP contribution < -0.4 is 15.6 Å². The van der Waals surface area contributed by atoms with E-state index in [-0.39, 0.29) is 12.3 Å². The average Bonchev–Trinajstić information content (AvgIpc) is 2.53. The van der Waals surface area contributed by atoms with E-state index in [9.17, 15) is 9.59 Å². The largest absolute Gasteiger partial charge is 0.497 e. The fraction of sp³-hybridized carbons (Fsp3) is 0.125. The van der Waals surface area contributed by atoms with Gasteiger partial charge in [-0.2, -0.15) is 0 Å². The lowest BCUT2D eigenvalue weighted by molar-refractivity contribution is -0.121. The topological polar surface area (TPSA) is 67.4 Å². The zero-order valence-corrected chi connectivity index (χ0v) is 12.7. The third kappa shape index (κ3) is 4.49. The summed E-state index contributed by atoms with van der Waals surface area (Å²) in [5.74, 6) is -0.0540. The monoisotopic (exact) mass is 318 g/mol. The molecule has 0 aliphatic rings. The van der Waals surface area contributed by atoms with Crippen molar-refractivity contribution in [3.8, 4) is 5.75 Å². The zero-order valence-electron chi connectivity index (χ0n) is 11.9. The lowest BCUT2D eigenvalue weighted by atomic mass is 10.1. The summed E-state index contributed by atoms with van der Waals surface area (Å²) in [5, 5.41) is 0.540. The van der Waals surface area contributed by atoms with Crippen molar-refractivity contribution in [2.75, 3.05) is 7.11 Å². The molecule has 6 heteroatoms. The van der Waals surface area contributed by atoms with Crippen LogP contribution in [0, 0.1) is 0 Å². The minimum Gasteiger partial charge on any atom is -0.497 e. The van der Waals surface area contributed by atoms with Gasteiger partial charge in [-0.05, 0) is 42.0 Å². The third-order valence-electron chi connectivity index (χ3n) is 2.92. The number of carbonyl (C=O) groups is 2. The summed E-state index contributed by atoms with van der Waals surface area (Å²) in [6, 6.07) is 13.5. The number of hydrogen-bond donors (Lipinski definition) is 2. The van der Waals surface area contributed by atoms with E-state index in [1.54, 1.807) is 49.6 Å². The molecular formula is C16H15ClN2O3. The number of hydrogen-bond acceptors (Lipinski definition) is 3. The highest BCUT2D eigenvalue weighted by atomic mass is 35.5. The second-order valence-corrected chi connectivity index (χ2v) is 4.97. The first-order valence-electron chi connectivity index (χ1n) is 6.56. The summed E-state index contributed by atoms with van der Waals surface area (Å²) in [4.78, 5) is 23.6. The molecule has 0 atom stereocenters. The van der Waals surface area contributed by atoms with E-state index in [2.05, 4.69) is 10.9 Å². The number of ether oxygens (including phenoxy) is 1. The number of methoxy groups -OCH3 is 1. The Morgan fingerprint density at radius 2 is 1.82 bits per heavy atom. The summed E-state index contributed by atoms with van der Waals surface area (Å²) in [7, 11) is 1.56. The van der Waals surface area contributed by atoms with Gasteiger partial charge in [0, 0.05) is 10.6 Å². The summed E-state index contributed by atoms with van der Waals surface area (Å²) in [6.07, 6.45) is 0.137. The Morgan fingerprint density at radius 3 is 2.50 bits per heavy atom. The number of rotatable bonds is 4. The molecule has 2 N–H and O–H groups in total. The zero-order chi connectivity index (χ0) is 15.9. The number of amides is 2. The first kappa shape index (κ1) is 15.9. The summed E-state index contributed by atoms with van der Waals surface area (Å²) >= 11 is 5.75. The molecule has 0 bridgehead atoms. The average molecular weight is 319 g/mol. The summed E-state index contributed by atoms with van der Waals surface area (Å²) < 4.78 is 5.09. The van der Waals surface area contributed by atoms with Crippen LogP contribution in [0.2, 0.25) is 5.02 Å². The second-order valence-electron chi connectivity index (χ2n) is 4.54. The van der Waals surface area contributed by atoms with Gasteiger partial charge in [-0.1, -0.05) is 23.7 Å². The van der Waals surface area contributed by atoms with Crippen LogP contribution in [0.25, 0.3) is 0 Å². The van der Waals surface area contributed by atoms with Crippen LogP contribution in [0.5, 0.6) is 5.75 Å². The standard InChI is InChI=1S/C16H15ClN2O3/c1-22-14-4-2-3-11(9-14)10-15(20)18-19-16(21)12-5-7-13(17)8-6-12/h2-9H,10H2,1H3,(H,18,20)(H,19,21). The lowest BCUT2D eigenvalue weighted by Crippen LogP contribution is -2.42. The highest BCUT2D eigenvalue weighted by molar-refractivity contribution is 6.30. The molecule has 0 unspecified atom stereocenters. The van der Waals surface area contributed by atoms with Gasteiger partial charge in [-0.15, -0.1) is 0 Å². The van der Waals surface area contributed by atoms with Crippen molar-refractivity contribution >= 4 is 23.4 Å². The van der Waals surface area contributed by atoms with E-state index in [0.29, 0.717) is 16.3 Å². The molecule has 0 heterocycles. The van der Waals surface area contributed by atoms with E-state index in [1.807, 2.05) is 6.07 Å². The SMILES string of the molecule is COc1cccc(CC(=O)NNC(=O)c2ccc(Cl)cc2)c1. The number of benzene rings is 2. The molecule has 0 aromatic heterocycles. The van der Waals surface area contributed by atoms with Crippen molar-refractivity contribution in [1.29, 1.82) is 0 Å². The molecule has 0 aliphatic carbocycles. The molecule has 0 saturated heterocycles. The van der Waals surface area contributed by atoms with E-state index >= 15 is 0 Å². The first-order valence-corrected chi connectivity index (χ1v) is 6.94. The molecule has 2 amide bonds. The van der Waals surface area contributed by atoms with Gasteiger partial charge in [0.2, 0.25) is 5.91 Å². The normalized spacial score (nSPS) is 9.91. The van der Waals surface area contributed by atoms with Gasteiger partial charge < -0.3 is 4.74 Å². The Balaban J connectivity index is 1.87. The molecule has 2 rings (SSSR count).